The van der Waals surface area contributed by atoms with Gasteiger partial charge in [0.25, 0.3) is 0 Å². The first-order valence-electron chi connectivity index (χ1n) is 6.64. The maximum absolute atomic E-state index is 3.73. The molecule has 1 N–H and O–H groups in total. The van der Waals surface area contributed by atoms with Crippen molar-refractivity contribution in [3.63, 3.8) is 0 Å². The van der Waals surface area contributed by atoms with Crippen LogP contribution >= 0.6 is 15.9 Å². The van der Waals surface area contributed by atoms with E-state index in [1.807, 2.05) is 0 Å². The van der Waals surface area contributed by atoms with E-state index in [0.29, 0.717) is 6.04 Å². The molecule has 1 atom stereocenters. The summed E-state index contributed by atoms with van der Waals surface area (Å²) in [7, 11) is 2.08. The maximum Gasteiger partial charge on any atom is 0.0331 e. The summed E-state index contributed by atoms with van der Waals surface area (Å²) < 4.78 is 1.28. The minimum atomic E-state index is 0.493. The summed E-state index contributed by atoms with van der Waals surface area (Å²) in [5.74, 6) is 0.917. The smallest absolute Gasteiger partial charge is 0.0331 e. The quantitative estimate of drug-likeness (QED) is 0.856. The van der Waals surface area contributed by atoms with Gasteiger partial charge >= 0.3 is 0 Å². The van der Waals surface area contributed by atoms with Crippen molar-refractivity contribution in [3.05, 3.63) is 33.8 Å². The molecule has 1 saturated carbocycles. The molecule has 1 aliphatic rings. The van der Waals surface area contributed by atoms with Crippen molar-refractivity contribution in [1.82, 2.24) is 5.32 Å². The topological polar surface area (TPSA) is 12.0 Å². The summed E-state index contributed by atoms with van der Waals surface area (Å²) in [5.41, 5.74) is 2.74. The largest absolute Gasteiger partial charge is 0.313 e. The second-order valence-electron chi connectivity index (χ2n) is 5.21. The molecule has 0 bridgehead atoms. The number of halogens is 1. The SMILES string of the molecule is CNC(CC1CCCC1)c1cccc(C)c1Br. The number of aryl methyl sites for hydroxylation is 1. The Hall–Kier alpha value is -0.340. The van der Waals surface area contributed by atoms with Crippen LogP contribution in [0.25, 0.3) is 0 Å². The summed E-state index contributed by atoms with van der Waals surface area (Å²) >= 11 is 3.73. The fraction of sp³-hybridized carbons (Fsp3) is 0.600. The van der Waals surface area contributed by atoms with E-state index >= 15 is 0 Å². The van der Waals surface area contributed by atoms with Gasteiger partial charge < -0.3 is 5.32 Å². The summed E-state index contributed by atoms with van der Waals surface area (Å²) in [5, 5.41) is 3.48. The zero-order valence-corrected chi connectivity index (χ0v) is 12.4. The van der Waals surface area contributed by atoms with Crippen LogP contribution in [0, 0.1) is 12.8 Å². The second-order valence-corrected chi connectivity index (χ2v) is 6.00. The van der Waals surface area contributed by atoms with Gasteiger partial charge in [-0.25, -0.2) is 0 Å². The van der Waals surface area contributed by atoms with Crippen LogP contribution in [-0.4, -0.2) is 7.05 Å². The van der Waals surface area contributed by atoms with Gasteiger partial charge in [0.1, 0.15) is 0 Å². The van der Waals surface area contributed by atoms with Crippen LogP contribution in [0.5, 0.6) is 0 Å². The van der Waals surface area contributed by atoms with Gasteiger partial charge in [-0.15, -0.1) is 0 Å². The Balaban J connectivity index is 2.13. The molecule has 17 heavy (non-hydrogen) atoms. The Kier molecular flexibility index (Phi) is 4.63. The molecule has 94 valence electrons. The van der Waals surface area contributed by atoms with Gasteiger partial charge in [-0.1, -0.05) is 59.8 Å². The highest BCUT2D eigenvalue weighted by Gasteiger charge is 2.21. The molecule has 0 saturated heterocycles. The van der Waals surface area contributed by atoms with Crippen molar-refractivity contribution in [2.75, 3.05) is 7.05 Å². The molecular weight excluding hydrogens is 274 g/mol. The van der Waals surface area contributed by atoms with Crippen LogP contribution in [0.1, 0.15) is 49.3 Å². The fourth-order valence-corrected chi connectivity index (χ4v) is 3.46. The number of benzene rings is 1. The Morgan fingerprint density at radius 1 is 1.35 bits per heavy atom. The first kappa shape index (κ1) is 13.1. The Morgan fingerprint density at radius 3 is 2.71 bits per heavy atom. The standard InChI is InChI=1S/C15H22BrN/c1-11-6-5-9-13(15(11)16)14(17-2)10-12-7-3-4-8-12/h5-6,9,12,14,17H,3-4,7-8,10H2,1-2H3. The summed E-state index contributed by atoms with van der Waals surface area (Å²) in [6.07, 6.45) is 6.97. The van der Waals surface area contributed by atoms with Crippen LogP contribution in [0.15, 0.2) is 22.7 Å². The predicted molar refractivity (Wildman–Crippen MR) is 77.3 cm³/mol. The molecule has 1 aromatic carbocycles. The third-order valence-corrected chi connectivity index (χ3v) is 5.07. The van der Waals surface area contributed by atoms with Crippen molar-refractivity contribution in [2.24, 2.45) is 5.92 Å². The van der Waals surface area contributed by atoms with Crippen LogP contribution in [-0.2, 0) is 0 Å². The zero-order valence-electron chi connectivity index (χ0n) is 10.8. The summed E-state index contributed by atoms with van der Waals surface area (Å²) in [6, 6.07) is 7.06. The van der Waals surface area contributed by atoms with Crippen LogP contribution in [0.4, 0.5) is 0 Å². The first-order valence-corrected chi connectivity index (χ1v) is 7.44. The third-order valence-electron chi connectivity index (χ3n) is 3.99. The monoisotopic (exact) mass is 295 g/mol. The second kappa shape index (κ2) is 6.01. The number of hydrogen-bond donors (Lipinski definition) is 1. The summed E-state index contributed by atoms with van der Waals surface area (Å²) in [6.45, 7) is 2.16. The van der Waals surface area contributed by atoms with Gasteiger partial charge in [-0.2, -0.15) is 0 Å². The van der Waals surface area contributed by atoms with E-state index in [2.05, 4.69) is 53.4 Å². The lowest BCUT2D eigenvalue weighted by molar-refractivity contribution is 0.412. The molecule has 1 aliphatic carbocycles. The van der Waals surface area contributed by atoms with Crippen molar-refractivity contribution in [1.29, 1.82) is 0 Å². The molecule has 2 rings (SSSR count). The van der Waals surface area contributed by atoms with Gasteiger partial charge in [-0.3, -0.25) is 0 Å². The van der Waals surface area contributed by atoms with Crippen LogP contribution in [0.3, 0.4) is 0 Å². The van der Waals surface area contributed by atoms with E-state index in [4.69, 9.17) is 0 Å². The molecule has 0 amide bonds. The highest BCUT2D eigenvalue weighted by Crippen LogP contribution is 2.35. The molecular formula is C15H22BrN. The highest BCUT2D eigenvalue weighted by atomic mass is 79.9. The molecule has 0 heterocycles. The molecule has 2 heteroatoms. The lowest BCUT2D eigenvalue weighted by Gasteiger charge is -2.22. The first-order chi connectivity index (χ1) is 8.22. The van der Waals surface area contributed by atoms with Crippen LogP contribution in [0.2, 0.25) is 0 Å². The average Bonchev–Trinajstić information content (AvgIpc) is 2.83. The predicted octanol–water partition coefficient (Wildman–Crippen LogP) is 4.60. The van der Waals surface area contributed by atoms with Crippen molar-refractivity contribution >= 4 is 15.9 Å². The van der Waals surface area contributed by atoms with Gasteiger partial charge in [0.15, 0.2) is 0 Å². The third kappa shape index (κ3) is 3.11. The number of hydrogen-bond acceptors (Lipinski definition) is 1. The molecule has 0 radical (unpaired) electrons. The van der Waals surface area contributed by atoms with Gasteiger partial charge in [0.05, 0.1) is 0 Å². The normalized spacial score (nSPS) is 18.5. The molecule has 0 aromatic heterocycles. The maximum atomic E-state index is 3.73. The lowest BCUT2D eigenvalue weighted by Crippen LogP contribution is -2.19. The lowest BCUT2D eigenvalue weighted by atomic mass is 9.93. The summed E-state index contributed by atoms with van der Waals surface area (Å²) in [4.78, 5) is 0. The average molecular weight is 296 g/mol. The molecule has 0 aliphatic heterocycles. The Bertz CT molecular complexity index is 369. The number of rotatable bonds is 4. The van der Waals surface area contributed by atoms with Gasteiger partial charge in [0.2, 0.25) is 0 Å². The molecule has 0 spiro atoms. The fourth-order valence-electron chi connectivity index (χ4n) is 2.92. The van der Waals surface area contributed by atoms with Crippen molar-refractivity contribution in [2.45, 2.75) is 45.1 Å². The van der Waals surface area contributed by atoms with E-state index in [1.165, 1.54) is 47.7 Å². The minimum absolute atomic E-state index is 0.493. The Labute approximate surface area is 113 Å². The van der Waals surface area contributed by atoms with E-state index in [9.17, 15) is 0 Å². The minimum Gasteiger partial charge on any atom is -0.313 e. The van der Waals surface area contributed by atoms with E-state index in [-0.39, 0.29) is 0 Å². The zero-order chi connectivity index (χ0) is 12.3. The van der Waals surface area contributed by atoms with Crippen molar-refractivity contribution in [3.8, 4) is 0 Å². The van der Waals surface area contributed by atoms with Gasteiger partial charge in [-0.05, 0) is 37.4 Å². The molecule has 1 fully saturated rings. The highest BCUT2D eigenvalue weighted by molar-refractivity contribution is 9.10. The van der Waals surface area contributed by atoms with Crippen molar-refractivity contribution < 1.29 is 0 Å². The van der Waals surface area contributed by atoms with Gasteiger partial charge in [0, 0.05) is 10.5 Å². The van der Waals surface area contributed by atoms with E-state index in [1.54, 1.807) is 0 Å². The molecule has 1 nitrogen and oxygen atoms in total. The Morgan fingerprint density at radius 2 is 2.06 bits per heavy atom. The van der Waals surface area contributed by atoms with Crippen LogP contribution < -0.4 is 5.32 Å². The van der Waals surface area contributed by atoms with E-state index < -0.39 is 0 Å². The van der Waals surface area contributed by atoms with E-state index in [0.717, 1.165) is 5.92 Å². The molecule has 1 unspecified atom stereocenters. The molecule has 1 aromatic rings. The number of nitrogens with one attached hydrogen (secondary N) is 1.